The van der Waals surface area contributed by atoms with Gasteiger partial charge in [0.25, 0.3) is 0 Å². The molecule has 3 rings (SSSR count). The van der Waals surface area contributed by atoms with Crippen molar-refractivity contribution < 1.29 is 13.9 Å². The summed E-state index contributed by atoms with van der Waals surface area (Å²) in [5.41, 5.74) is 0. The molecule has 3 fully saturated rings. The molecule has 0 radical (unpaired) electrons. The van der Waals surface area contributed by atoms with Crippen molar-refractivity contribution in [2.24, 2.45) is 29.6 Å². The molecule has 3 unspecified atom stereocenters. The predicted octanol–water partition coefficient (Wildman–Crippen LogP) is 6.64. The number of rotatable bonds is 5. The van der Waals surface area contributed by atoms with E-state index < -0.39 is 6.17 Å². The minimum Gasteiger partial charge on any atom is -0.459 e. The average molecular weight is 403 g/mol. The molecule has 0 spiro atoms. The van der Waals surface area contributed by atoms with E-state index in [0.717, 1.165) is 64.2 Å². The molecule has 0 aromatic carbocycles. The van der Waals surface area contributed by atoms with Gasteiger partial charge in [-0.25, -0.2) is 9.18 Å². The lowest BCUT2D eigenvalue weighted by atomic mass is 9.68. The van der Waals surface area contributed by atoms with Crippen molar-refractivity contribution in [3.63, 3.8) is 0 Å². The maximum absolute atomic E-state index is 14.8. The van der Waals surface area contributed by atoms with Gasteiger partial charge in [-0.1, -0.05) is 38.2 Å². The van der Waals surface area contributed by atoms with Crippen LogP contribution < -0.4 is 0 Å². The third-order valence-corrected chi connectivity index (χ3v) is 7.62. The van der Waals surface area contributed by atoms with E-state index in [1.165, 1.54) is 25.3 Å². The van der Waals surface area contributed by atoms with Gasteiger partial charge in [0, 0.05) is 17.9 Å². The topological polar surface area (TPSA) is 26.3 Å². The summed E-state index contributed by atoms with van der Waals surface area (Å²) in [4.78, 5) is 11.3. The van der Waals surface area contributed by atoms with Crippen molar-refractivity contribution in [3.05, 3.63) is 12.7 Å². The lowest BCUT2D eigenvalue weighted by Gasteiger charge is -2.39. The Bertz CT molecular complexity index is 588. The van der Waals surface area contributed by atoms with Gasteiger partial charge in [0.2, 0.25) is 0 Å². The second-order valence-electron chi connectivity index (χ2n) is 9.66. The summed E-state index contributed by atoms with van der Waals surface area (Å²) in [7, 11) is 0. The van der Waals surface area contributed by atoms with Crippen LogP contribution in [0.25, 0.3) is 0 Å². The second-order valence-corrected chi connectivity index (χ2v) is 9.66. The van der Waals surface area contributed by atoms with Gasteiger partial charge in [-0.3, -0.25) is 0 Å². The van der Waals surface area contributed by atoms with E-state index in [0.29, 0.717) is 29.6 Å². The number of hydrogen-bond donors (Lipinski definition) is 0. The largest absolute Gasteiger partial charge is 0.459 e. The Balaban J connectivity index is 1.38. The monoisotopic (exact) mass is 402 g/mol. The molecule has 162 valence electrons. The number of halogens is 1. The van der Waals surface area contributed by atoms with Crippen molar-refractivity contribution in [1.82, 2.24) is 0 Å². The second kappa shape index (κ2) is 11.2. The van der Waals surface area contributed by atoms with E-state index in [1.54, 1.807) is 0 Å². The molecule has 2 nitrogen and oxygen atoms in total. The Morgan fingerprint density at radius 3 is 2.17 bits per heavy atom. The van der Waals surface area contributed by atoms with E-state index >= 15 is 0 Å². The molecule has 3 aliphatic rings. The number of carbonyl (C=O) groups excluding carboxylic acids is 1. The van der Waals surface area contributed by atoms with Gasteiger partial charge in [0.05, 0.1) is 0 Å². The molecule has 0 heterocycles. The Kier molecular flexibility index (Phi) is 8.64. The van der Waals surface area contributed by atoms with E-state index in [4.69, 9.17) is 4.74 Å². The van der Waals surface area contributed by atoms with Crippen LogP contribution in [0, 0.1) is 41.4 Å². The maximum Gasteiger partial charge on any atom is 0.330 e. The number of carbonyl (C=O) groups is 1. The van der Waals surface area contributed by atoms with Crippen molar-refractivity contribution in [3.8, 4) is 11.8 Å². The molecule has 3 saturated carbocycles. The van der Waals surface area contributed by atoms with Crippen LogP contribution in [0.4, 0.5) is 4.39 Å². The van der Waals surface area contributed by atoms with Crippen LogP contribution in [0.5, 0.6) is 0 Å². The number of alkyl halides is 1. The summed E-state index contributed by atoms with van der Waals surface area (Å²) in [5.74, 6) is 9.21. The molecule has 0 amide bonds. The van der Waals surface area contributed by atoms with Gasteiger partial charge >= 0.3 is 5.97 Å². The number of esters is 1. The lowest BCUT2D eigenvalue weighted by molar-refractivity contribution is -0.144. The van der Waals surface area contributed by atoms with Crippen LogP contribution in [0.15, 0.2) is 12.7 Å². The molecule has 0 aromatic heterocycles. The van der Waals surface area contributed by atoms with Crippen molar-refractivity contribution in [2.75, 3.05) is 0 Å². The van der Waals surface area contributed by atoms with Gasteiger partial charge in [-0.05, 0) is 88.4 Å². The van der Waals surface area contributed by atoms with Gasteiger partial charge in [-0.2, -0.15) is 0 Å². The van der Waals surface area contributed by atoms with Crippen molar-refractivity contribution in [1.29, 1.82) is 0 Å². The summed E-state index contributed by atoms with van der Waals surface area (Å²) >= 11 is 0. The highest BCUT2D eigenvalue weighted by Gasteiger charge is 2.36. The Hall–Kier alpha value is -1.30. The molecule has 0 N–H and O–H groups in total. The fraction of sp³-hybridized carbons (Fsp3) is 0.808. The van der Waals surface area contributed by atoms with Crippen LogP contribution in [-0.4, -0.2) is 18.2 Å². The fourth-order valence-electron chi connectivity index (χ4n) is 5.89. The summed E-state index contributed by atoms with van der Waals surface area (Å²) in [6.45, 7) is 5.67. The maximum atomic E-state index is 14.8. The van der Waals surface area contributed by atoms with Crippen molar-refractivity contribution >= 4 is 5.97 Å². The summed E-state index contributed by atoms with van der Waals surface area (Å²) in [5, 5.41) is 0. The van der Waals surface area contributed by atoms with Crippen LogP contribution in [0.1, 0.15) is 90.4 Å². The smallest absolute Gasteiger partial charge is 0.330 e. The van der Waals surface area contributed by atoms with E-state index in [1.807, 2.05) is 0 Å². The summed E-state index contributed by atoms with van der Waals surface area (Å²) in [6, 6.07) is 0. The Morgan fingerprint density at radius 2 is 1.62 bits per heavy atom. The molecular weight excluding hydrogens is 363 g/mol. The lowest BCUT2D eigenvalue weighted by Crippen LogP contribution is -2.33. The zero-order valence-electron chi connectivity index (χ0n) is 18.2. The Labute approximate surface area is 177 Å². The van der Waals surface area contributed by atoms with Gasteiger partial charge in [0.1, 0.15) is 12.3 Å². The molecule has 3 aliphatic carbocycles. The molecule has 3 atom stereocenters. The van der Waals surface area contributed by atoms with Crippen LogP contribution >= 0.6 is 0 Å². The molecule has 0 aliphatic heterocycles. The highest BCUT2D eigenvalue weighted by molar-refractivity contribution is 5.81. The molecule has 0 bridgehead atoms. The first-order valence-corrected chi connectivity index (χ1v) is 12.1. The third-order valence-electron chi connectivity index (χ3n) is 7.62. The minimum atomic E-state index is -0.571. The first-order valence-electron chi connectivity index (χ1n) is 12.1. The average Bonchev–Trinajstić information content (AvgIpc) is 2.74. The molecule has 0 aromatic rings. The summed E-state index contributed by atoms with van der Waals surface area (Å²) in [6.07, 6.45) is 14.7. The zero-order chi connectivity index (χ0) is 20.6. The molecule has 29 heavy (non-hydrogen) atoms. The predicted molar refractivity (Wildman–Crippen MR) is 116 cm³/mol. The van der Waals surface area contributed by atoms with Crippen LogP contribution in [0.2, 0.25) is 0 Å². The highest BCUT2D eigenvalue weighted by Crippen LogP contribution is 2.43. The highest BCUT2D eigenvalue weighted by atomic mass is 19.1. The quantitative estimate of drug-likeness (QED) is 0.293. The van der Waals surface area contributed by atoms with E-state index in [2.05, 4.69) is 25.3 Å². The molecular formula is C26H39FO2. The first-order chi connectivity index (χ1) is 14.1. The van der Waals surface area contributed by atoms with Crippen LogP contribution in [-0.2, 0) is 9.53 Å². The fourth-order valence-corrected chi connectivity index (χ4v) is 5.89. The van der Waals surface area contributed by atoms with Crippen LogP contribution in [0.3, 0.4) is 0 Å². The first kappa shape index (κ1) is 22.4. The third kappa shape index (κ3) is 6.59. The van der Waals surface area contributed by atoms with Gasteiger partial charge < -0.3 is 4.74 Å². The molecule has 0 saturated heterocycles. The van der Waals surface area contributed by atoms with E-state index in [-0.39, 0.29) is 12.1 Å². The number of ether oxygens (including phenoxy) is 1. The number of hydrogen-bond acceptors (Lipinski definition) is 2. The van der Waals surface area contributed by atoms with E-state index in [9.17, 15) is 9.18 Å². The zero-order valence-corrected chi connectivity index (χ0v) is 18.2. The summed E-state index contributed by atoms with van der Waals surface area (Å²) < 4.78 is 20.1. The van der Waals surface area contributed by atoms with Gasteiger partial charge in [-0.15, -0.1) is 0 Å². The normalized spacial score (nSPS) is 37.8. The van der Waals surface area contributed by atoms with Gasteiger partial charge in [0.15, 0.2) is 0 Å². The minimum absolute atomic E-state index is 0.0371. The Morgan fingerprint density at radius 1 is 1.00 bits per heavy atom. The molecule has 3 heteroatoms. The standard InChI is InChI=1S/C26H39FO2/c1-3-5-21-12-17-24(25(27)18-21)22-13-8-19(9-14-22)6-7-20-10-15-23(16-11-20)29-26(28)4-2/h4,19-25H,2-3,5,8-18H2,1H3. The van der Waals surface area contributed by atoms with Crippen molar-refractivity contribution in [2.45, 2.75) is 103 Å². The SMILES string of the molecule is C=CC(=O)OC1CCC(C#CC2CCC(C3CCC(CCC)CC3F)CC2)CC1.